The lowest BCUT2D eigenvalue weighted by molar-refractivity contribution is -0.141. The van der Waals surface area contributed by atoms with Crippen LogP contribution in [0.2, 0.25) is 0 Å². The van der Waals surface area contributed by atoms with E-state index in [4.69, 9.17) is 5.11 Å². The van der Waals surface area contributed by atoms with Gasteiger partial charge in [-0.1, -0.05) is 31.4 Å². The van der Waals surface area contributed by atoms with E-state index >= 15 is 0 Å². The molecule has 0 aromatic heterocycles. The van der Waals surface area contributed by atoms with Gasteiger partial charge in [0, 0.05) is 13.0 Å². The van der Waals surface area contributed by atoms with Gasteiger partial charge in [-0.3, -0.25) is 9.59 Å². The minimum Gasteiger partial charge on any atom is -0.481 e. The molecule has 1 fully saturated rings. The van der Waals surface area contributed by atoms with E-state index < -0.39 is 23.1 Å². The van der Waals surface area contributed by atoms with Crippen molar-refractivity contribution in [2.24, 2.45) is 5.41 Å². The molecule has 0 atom stereocenters. The molecule has 1 aliphatic carbocycles. The molecule has 1 aromatic carbocycles. The summed E-state index contributed by atoms with van der Waals surface area (Å²) in [5, 5.41) is 11.7. The number of aliphatic carboxylic acids is 1. The number of amides is 1. The van der Waals surface area contributed by atoms with Crippen LogP contribution in [0.1, 0.15) is 56.1 Å². The predicted octanol–water partition coefficient (Wildman–Crippen LogP) is 4.14. The molecule has 1 aromatic rings. The summed E-state index contributed by atoms with van der Waals surface area (Å²) in [5.41, 5.74) is -0.935. The van der Waals surface area contributed by atoms with E-state index in [2.05, 4.69) is 5.32 Å². The van der Waals surface area contributed by atoms with Gasteiger partial charge in [0.1, 0.15) is 0 Å². The van der Waals surface area contributed by atoms with Crippen molar-refractivity contribution < 1.29 is 27.9 Å². The number of halogens is 3. The molecule has 1 saturated carbocycles. The Morgan fingerprint density at radius 2 is 1.80 bits per heavy atom. The molecule has 4 nitrogen and oxygen atoms in total. The largest absolute Gasteiger partial charge is 0.481 e. The van der Waals surface area contributed by atoms with Crippen LogP contribution in [0.3, 0.4) is 0 Å². The van der Waals surface area contributed by atoms with E-state index in [0.717, 1.165) is 31.4 Å². The molecule has 0 saturated heterocycles. The minimum absolute atomic E-state index is 0.00803. The number of hydrogen-bond donors (Lipinski definition) is 2. The quantitative estimate of drug-likeness (QED) is 0.804. The maximum absolute atomic E-state index is 12.7. The molecular formula is C18H22F3NO3. The van der Waals surface area contributed by atoms with E-state index in [9.17, 15) is 22.8 Å². The number of alkyl halides is 3. The van der Waals surface area contributed by atoms with Crippen molar-refractivity contribution in [3.8, 4) is 0 Å². The van der Waals surface area contributed by atoms with Crippen molar-refractivity contribution in [2.75, 3.05) is 0 Å². The van der Waals surface area contributed by atoms with Crippen molar-refractivity contribution in [3.05, 3.63) is 35.4 Å². The van der Waals surface area contributed by atoms with Crippen molar-refractivity contribution in [2.45, 2.75) is 57.7 Å². The van der Waals surface area contributed by atoms with Gasteiger partial charge in [-0.15, -0.1) is 0 Å². The second-order valence-corrected chi connectivity index (χ2v) is 6.78. The maximum atomic E-state index is 12.7. The van der Waals surface area contributed by atoms with Crippen LogP contribution in [-0.2, 0) is 22.3 Å². The SMILES string of the molecule is O=C(O)CC1(CC(=O)NCc2cccc(C(F)(F)F)c2)CCCCC1. The Labute approximate surface area is 144 Å². The van der Waals surface area contributed by atoms with E-state index in [-0.39, 0.29) is 25.3 Å². The van der Waals surface area contributed by atoms with E-state index in [1.165, 1.54) is 12.1 Å². The van der Waals surface area contributed by atoms with Crippen molar-refractivity contribution in [3.63, 3.8) is 0 Å². The summed E-state index contributed by atoms with van der Waals surface area (Å²) in [6.07, 6.45) is -0.169. The Balaban J connectivity index is 1.96. The third-order valence-corrected chi connectivity index (χ3v) is 4.72. The molecule has 0 aliphatic heterocycles. The molecule has 0 bridgehead atoms. The summed E-state index contributed by atoms with van der Waals surface area (Å²) >= 11 is 0. The highest BCUT2D eigenvalue weighted by Crippen LogP contribution is 2.42. The number of rotatable bonds is 6. The molecule has 7 heteroatoms. The molecule has 1 amide bonds. The van der Waals surface area contributed by atoms with Gasteiger partial charge in [-0.2, -0.15) is 13.2 Å². The lowest BCUT2D eigenvalue weighted by Gasteiger charge is -2.35. The van der Waals surface area contributed by atoms with Crippen LogP contribution in [0.4, 0.5) is 13.2 Å². The lowest BCUT2D eigenvalue weighted by atomic mass is 9.69. The Morgan fingerprint density at radius 3 is 2.40 bits per heavy atom. The zero-order valence-electron chi connectivity index (χ0n) is 13.9. The second kappa shape index (κ2) is 7.89. The normalized spacial score (nSPS) is 17.1. The highest BCUT2D eigenvalue weighted by molar-refractivity contribution is 5.78. The van der Waals surface area contributed by atoms with Gasteiger partial charge >= 0.3 is 12.1 Å². The van der Waals surface area contributed by atoms with Gasteiger partial charge in [0.05, 0.1) is 12.0 Å². The highest BCUT2D eigenvalue weighted by Gasteiger charge is 2.36. The molecule has 25 heavy (non-hydrogen) atoms. The van der Waals surface area contributed by atoms with E-state index in [0.29, 0.717) is 18.4 Å². The zero-order valence-corrected chi connectivity index (χ0v) is 13.9. The van der Waals surface area contributed by atoms with Gasteiger partial charge in [0.25, 0.3) is 0 Å². The van der Waals surface area contributed by atoms with Crippen LogP contribution in [0.15, 0.2) is 24.3 Å². The molecule has 2 rings (SSSR count). The van der Waals surface area contributed by atoms with Gasteiger partial charge in [-0.25, -0.2) is 0 Å². The fourth-order valence-electron chi connectivity index (χ4n) is 3.50. The molecular weight excluding hydrogens is 335 g/mol. The first-order chi connectivity index (χ1) is 11.7. The fourth-order valence-corrected chi connectivity index (χ4v) is 3.50. The fraction of sp³-hybridized carbons (Fsp3) is 0.556. The predicted molar refractivity (Wildman–Crippen MR) is 85.7 cm³/mol. The van der Waals surface area contributed by atoms with Crippen molar-refractivity contribution in [1.29, 1.82) is 0 Å². The van der Waals surface area contributed by atoms with Crippen LogP contribution in [-0.4, -0.2) is 17.0 Å². The Bertz CT molecular complexity index is 622. The number of carboxylic acid groups (broad SMARTS) is 1. The summed E-state index contributed by atoms with van der Waals surface area (Å²) in [6.45, 7) is -0.00803. The number of carbonyl (C=O) groups excluding carboxylic acids is 1. The third-order valence-electron chi connectivity index (χ3n) is 4.72. The van der Waals surface area contributed by atoms with Gasteiger partial charge in [0.15, 0.2) is 0 Å². The molecule has 0 heterocycles. The smallest absolute Gasteiger partial charge is 0.416 e. The van der Waals surface area contributed by atoms with Crippen molar-refractivity contribution in [1.82, 2.24) is 5.32 Å². The van der Waals surface area contributed by atoms with Gasteiger partial charge in [0.2, 0.25) is 5.91 Å². The first kappa shape index (κ1) is 19.3. The lowest BCUT2D eigenvalue weighted by Crippen LogP contribution is -2.35. The van der Waals surface area contributed by atoms with Crippen LogP contribution in [0.5, 0.6) is 0 Å². The number of nitrogens with one attached hydrogen (secondary N) is 1. The summed E-state index contributed by atoms with van der Waals surface area (Å²) in [7, 11) is 0. The Kier molecular flexibility index (Phi) is 6.08. The second-order valence-electron chi connectivity index (χ2n) is 6.78. The zero-order chi connectivity index (χ0) is 18.5. The van der Waals surface area contributed by atoms with Crippen LogP contribution >= 0.6 is 0 Å². The summed E-state index contributed by atoms with van der Waals surface area (Å²) in [5.74, 6) is -1.24. The highest BCUT2D eigenvalue weighted by atomic mass is 19.4. The molecule has 1 aliphatic rings. The number of hydrogen-bond acceptors (Lipinski definition) is 2. The summed E-state index contributed by atoms with van der Waals surface area (Å²) in [6, 6.07) is 4.81. The van der Waals surface area contributed by atoms with Crippen LogP contribution < -0.4 is 5.32 Å². The number of carbonyl (C=O) groups is 2. The third kappa shape index (κ3) is 5.76. The Morgan fingerprint density at radius 1 is 1.12 bits per heavy atom. The van der Waals surface area contributed by atoms with Gasteiger partial charge < -0.3 is 10.4 Å². The van der Waals surface area contributed by atoms with E-state index in [1.54, 1.807) is 0 Å². The number of benzene rings is 1. The summed E-state index contributed by atoms with van der Waals surface area (Å²) < 4.78 is 38.1. The van der Waals surface area contributed by atoms with E-state index in [1.807, 2.05) is 0 Å². The van der Waals surface area contributed by atoms with Gasteiger partial charge in [-0.05, 0) is 36.0 Å². The number of carboxylic acids is 1. The van der Waals surface area contributed by atoms with Crippen LogP contribution in [0, 0.1) is 5.41 Å². The first-order valence-corrected chi connectivity index (χ1v) is 8.35. The molecule has 0 spiro atoms. The standard InChI is InChI=1S/C18H22F3NO3/c19-18(20,21)14-6-4-5-13(9-14)12-22-15(23)10-17(11-16(24)25)7-2-1-3-8-17/h4-6,9H,1-3,7-8,10-12H2,(H,22,23)(H,24,25). The topological polar surface area (TPSA) is 66.4 Å². The first-order valence-electron chi connectivity index (χ1n) is 8.35. The molecule has 0 radical (unpaired) electrons. The minimum atomic E-state index is -4.42. The Hall–Kier alpha value is -2.05. The molecule has 138 valence electrons. The van der Waals surface area contributed by atoms with Crippen molar-refractivity contribution >= 4 is 11.9 Å². The molecule has 2 N–H and O–H groups in total. The average molecular weight is 357 g/mol. The maximum Gasteiger partial charge on any atom is 0.416 e. The molecule has 0 unspecified atom stereocenters. The average Bonchev–Trinajstić information content (AvgIpc) is 2.52. The summed E-state index contributed by atoms with van der Waals surface area (Å²) in [4.78, 5) is 23.4. The van der Waals surface area contributed by atoms with Crippen LogP contribution in [0.25, 0.3) is 0 Å². The monoisotopic (exact) mass is 357 g/mol.